The first kappa shape index (κ1) is 25.6. The van der Waals surface area contributed by atoms with Crippen LogP contribution in [0.2, 0.25) is 0 Å². The predicted molar refractivity (Wildman–Crippen MR) is 149 cm³/mol. The van der Waals surface area contributed by atoms with E-state index in [4.69, 9.17) is 4.99 Å². The highest BCUT2D eigenvalue weighted by Gasteiger charge is 2.20. The van der Waals surface area contributed by atoms with Crippen molar-refractivity contribution in [1.29, 1.82) is 0 Å². The molecule has 0 atom stereocenters. The smallest absolute Gasteiger partial charge is 0.253 e. The van der Waals surface area contributed by atoms with Gasteiger partial charge in [-0.15, -0.1) is 0 Å². The van der Waals surface area contributed by atoms with Gasteiger partial charge in [0.1, 0.15) is 5.84 Å². The van der Waals surface area contributed by atoms with Crippen LogP contribution in [-0.4, -0.2) is 72.3 Å². The standard InChI is InChI=1S/C31H38N4O/c1-3-34(4-2)31(36)28-18-16-27(17-19-28)30(32-29-14-9-6-10-15-29)35-22-11-21-33(24-25-35)23-20-26-12-7-5-8-13-26/h5-10,12-19H,3-4,11,20-25H2,1-2H3/b32-30+. The van der Waals surface area contributed by atoms with Crippen LogP contribution in [0.25, 0.3) is 0 Å². The molecule has 1 amide bonds. The second kappa shape index (κ2) is 13.0. The van der Waals surface area contributed by atoms with Crippen molar-refractivity contribution in [2.45, 2.75) is 26.7 Å². The molecule has 0 unspecified atom stereocenters. The topological polar surface area (TPSA) is 39.2 Å². The molecule has 1 aliphatic rings. The maximum absolute atomic E-state index is 12.8. The second-order valence-corrected chi connectivity index (χ2v) is 9.24. The van der Waals surface area contributed by atoms with Crippen molar-refractivity contribution >= 4 is 17.4 Å². The normalized spacial score (nSPS) is 14.9. The highest BCUT2D eigenvalue weighted by atomic mass is 16.2. The van der Waals surface area contributed by atoms with Gasteiger partial charge >= 0.3 is 0 Å². The van der Waals surface area contributed by atoms with Crippen molar-refractivity contribution in [1.82, 2.24) is 14.7 Å². The number of rotatable bonds is 8. The van der Waals surface area contributed by atoms with Gasteiger partial charge in [-0.25, -0.2) is 4.99 Å². The molecule has 3 aromatic rings. The molecule has 0 aromatic heterocycles. The monoisotopic (exact) mass is 482 g/mol. The zero-order valence-electron chi connectivity index (χ0n) is 21.6. The number of carbonyl (C=O) groups is 1. The van der Waals surface area contributed by atoms with Crippen LogP contribution in [0, 0.1) is 0 Å². The van der Waals surface area contributed by atoms with Crippen molar-refractivity contribution in [2.75, 3.05) is 45.8 Å². The molecule has 0 saturated carbocycles. The number of hydrogen-bond acceptors (Lipinski definition) is 3. The number of hydrogen-bond donors (Lipinski definition) is 0. The third-order valence-corrected chi connectivity index (χ3v) is 6.88. The van der Waals surface area contributed by atoms with Gasteiger partial charge in [-0.1, -0.05) is 60.7 Å². The summed E-state index contributed by atoms with van der Waals surface area (Å²) in [4.78, 5) is 24.7. The number of amidine groups is 1. The Morgan fingerprint density at radius 1 is 0.778 bits per heavy atom. The molecule has 3 aromatic carbocycles. The van der Waals surface area contributed by atoms with E-state index < -0.39 is 0 Å². The van der Waals surface area contributed by atoms with Gasteiger partial charge in [0.2, 0.25) is 0 Å². The van der Waals surface area contributed by atoms with Gasteiger partial charge in [-0.2, -0.15) is 0 Å². The lowest BCUT2D eigenvalue weighted by atomic mass is 10.1. The SMILES string of the molecule is CCN(CC)C(=O)c1ccc(/C(=N\c2ccccc2)N2CCCN(CCc3ccccc3)CC2)cc1. The van der Waals surface area contributed by atoms with Gasteiger partial charge < -0.3 is 14.7 Å². The van der Waals surface area contributed by atoms with Gasteiger partial charge in [0.05, 0.1) is 5.69 Å². The Labute approximate surface area is 216 Å². The quantitative estimate of drug-likeness (QED) is 0.314. The Morgan fingerprint density at radius 2 is 1.42 bits per heavy atom. The van der Waals surface area contributed by atoms with Crippen LogP contribution in [0.15, 0.2) is 89.9 Å². The summed E-state index contributed by atoms with van der Waals surface area (Å²) < 4.78 is 0. The molecule has 188 valence electrons. The minimum Gasteiger partial charge on any atom is -0.355 e. The number of benzene rings is 3. The summed E-state index contributed by atoms with van der Waals surface area (Å²) in [5.41, 5.74) is 4.11. The fourth-order valence-corrected chi connectivity index (χ4v) is 4.74. The van der Waals surface area contributed by atoms with Gasteiger partial charge in [0.25, 0.3) is 5.91 Å². The fourth-order valence-electron chi connectivity index (χ4n) is 4.74. The predicted octanol–water partition coefficient (Wildman–Crippen LogP) is 5.50. The molecule has 0 aliphatic carbocycles. The maximum Gasteiger partial charge on any atom is 0.253 e. The van der Waals surface area contributed by atoms with E-state index in [0.717, 1.165) is 68.2 Å². The molecule has 1 saturated heterocycles. The minimum atomic E-state index is 0.0805. The summed E-state index contributed by atoms with van der Waals surface area (Å²) in [5, 5.41) is 0. The van der Waals surface area contributed by atoms with Gasteiger partial charge in [0.15, 0.2) is 0 Å². The molecule has 0 bridgehead atoms. The molecule has 0 spiro atoms. The fraction of sp³-hybridized carbons (Fsp3) is 0.355. The zero-order valence-corrected chi connectivity index (χ0v) is 21.6. The Hall–Kier alpha value is -3.44. The van der Waals surface area contributed by atoms with Crippen LogP contribution in [0.5, 0.6) is 0 Å². The molecular formula is C31H38N4O. The Kier molecular flexibility index (Phi) is 9.28. The minimum absolute atomic E-state index is 0.0805. The largest absolute Gasteiger partial charge is 0.355 e. The maximum atomic E-state index is 12.8. The lowest BCUT2D eigenvalue weighted by Gasteiger charge is -2.26. The van der Waals surface area contributed by atoms with Crippen LogP contribution in [-0.2, 0) is 6.42 Å². The average molecular weight is 483 g/mol. The summed E-state index contributed by atoms with van der Waals surface area (Å²) >= 11 is 0. The van der Waals surface area contributed by atoms with Crippen molar-refractivity contribution in [2.24, 2.45) is 4.99 Å². The average Bonchev–Trinajstić information content (AvgIpc) is 3.18. The number of aliphatic imine (C=N–C) groups is 1. The van der Waals surface area contributed by atoms with E-state index in [1.165, 1.54) is 5.56 Å². The van der Waals surface area contributed by atoms with E-state index in [1.54, 1.807) is 0 Å². The van der Waals surface area contributed by atoms with Gasteiger partial charge in [-0.3, -0.25) is 4.79 Å². The third kappa shape index (κ3) is 6.82. The highest BCUT2D eigenvalue weighted by Crippen LogP contribution is 2.18. The number of carbonyl (C=O) groups excluding carboxylic acids is 1. The van der Waals surface area contributed by atoms with E-state index in [0.29, 0.717) is 13.1 Å². The lowest BCUT2D eigenvalue weighted by molar-refractivity contribution is 0.0773. The molecule has 1 aliphatic heterocycles. The van der Waals surface area contributed by atoms with E-state index >= 15 is 0 Å². The Bertz CT molecular complexity index is 1110. The molecular weight excluding hydrogens is 444 g/mol. The third-order valence-electron chi connectivity index (χ3n) is 6.88. The summed E-state index contributed by atoms with van der Waals surface area (Å²) in [5.74, 6) is 1.06. The molecule has 1 fully saturated rings. The van der Waals surface area contributed by atoms with E-state index in [2.05, 4.69) is 52.3 Å². The van der Waals surface area contributed by atoms with Crippen molar-refractivity contribution in [3.63, 3.8) is 0 Å². The Balaban J connectivity index is 1.51. The first-order chi connectivity index (χ1) is 17.7. The van der Waals surface area contributed by atoms with Crippen LogP contribution < -0.4 is 0 Å². The first-order valence-electron chi connectivity index (χ1n) is 13.2. The molecule has 1 heterocycles. The summed E-state index contributed by atoms with van der Waals surface area (Å²) in [6.07, 6.45) is 2.18. The van der Waals surface area contributed by atoms with Crippen LogP contribution in [0.1, 0.15) is 41.8 Å². The molecule has 5 nitrogen and oxygen atoms in total. The van der Waals surface area contributed by atoms with Crippen molar-refractivity contribution < 1.29 is 4.79 Å². The molecule has 0 N–H and O–H groups in total. The van der Waals surface area contributed by atoms with Crippen LogP contribution in [0.3, 0.4) is 0 Å². The van der Waals surface area contributed by atoms with Crippen molar-refractivity contribution in [3.05, 3.63) is 102 Å². The van der Waals surface area contributed by atoms with Gasteiger partial charge in [-0.05, 0) is 63.1 Å². The van der Waals surface area contributed by atoms with Gasteiger partial charge in [0, 0.05) is 50.4 Å². The van der Waals surface area contributed by atoms with Crippen molar-refractivity contribution in [3.8, 4) is 0 Å². The lowest BCUT2D eigenvalue weighted by Crippen LogP contribution is -2.36. The first-order valence-corrected chi connectivity index (χ1v) is 13.2. The van der Waals surface area contributed by atoms with E-state index in [9.17, 15) is 4.79 Å². The summed E-state index contributed by atoms with van der Waals surface area (Å²) in [7, 11) is 0. The summed E-state index contributed by atoms with van der Waals surface area (Å²) in [6.45, 7) is 10.5. The number of amides is 1. The van der Waals surface area contributed by atoms with E-state index in [1.807, 2.05) is 61.2 Å². The van der Waals surface area contributed by atoms with E-state index in [-0.39, 0.29) is 5.91 Å². The zero-order chi connectivity index (χ0) is 25.2. The summed E-state index contributed by atoms with van der Waals surface area (Å²) in [6, 6.07) is 28.9. The molecule has 5 heteroatoms. The molecule has 4 rings (SSSR count). The second-order valence-electron chi connectivity index (χ2n) is 9.24. The number of nitrogens with zero attached hydrogens (tertiary/aromatic N) is 4. The molecule has 0 radical (unpaired) electrons. The molecule has 36 heavy (non-hydrogen) atoms. The van der Waals surface area contributed by atoms with Crippen LogP contribution in [0.4, 0.5) is 5.69 Å². The Morgan fingerprint density at radius 3 is 2.08 bits per heavy atom. The highest BCUT2D eigenvalue weighted by molar-refractivity contribution is 6.01. The number of para-hydroxylation sites is 1. The van der Waals surface area contributed by atoms with Crippen LogP contribution >= 0.6 is 0 Å².